The van der Waals surface area contributed by atoms with E-state index in [1.165, 1.54) is 38.5 Å². The molecule has 0 heterocycles. The maximum atomic E-state index is 13.7. The van der Waals surface area contributed by atoms with Crippen LogP contribution in [0.5, 0.6) is 17.2 Å². The summed E-state index contributed by atoms with van der Waals surface area (Å²) in [5.74, 6) is -1.44. The van der Waals surface area contributed by atoms with E-state index >= 15 is 0 Å². The van der Waals surface area contributed by atoms with Gasteiger partial charge in [-0.1, -0.05) is 11.6 Å². The van der Waals surface area contributed by atoms with Crippen molar-refractivity contribution in [1.29, 1.82) is 0 Å². The number of halogens is 2. The molecule has 27 heavy (non-hydrogen) atoms. The summed E-state index contributed by atoms with van der Waals surface area (Å²) in [5.41, 5.74) is 0.150. The van der Waals surface area contributed by atoms with E-state index in [-0.39, 0.29) is 27.6 Å². The number of ether oxygens (including phenoxy) is 4. The van der Waals surface area contributed by atoms with Crippen LogP contribution in [0.2, 0.25) is 5.02 Å². The molecule has 0 aliphatic carbocycles. The fourth-order valence-electron chi connectivity index (χ4n) is 2.26. The Labute approximate surface area is 160 Å². The zero-order valence-corrected chi connectivity index (χ0v) is 15.8. The summed E-state index contributed by atoms with van der Waals surface area (Å²) < 4.78 is 34.0. The van der Waals surface area contributed by atoms with Crippen molar-refractivity contribution in [2.24, 2.45) is 0 Å². The van der Waals surface area contributed by atoms with Crippen LogP contribution in [0.4, 0.5) is 4.39 Å². The van der Waals surface area contributed by atoms with Gasteiger partial charge in [0, 0.05) is 5.56 Å². The van der Waals surface area contributed by atoms with Crippen LogP contribution < -0.4 is 14.2 Å². The highest BCUT2D eigenvalue weighted by Gasteiger charge is 2.18. The van der Waals surface area contributed by atoms with E-state index in [2.05, 4.69) is 0 Å². The third-order valence-corrected chi connectivity index (χ3v) is 3.84. The Hall–Kier alpha value is -2.80. The average molecular weight is 397 g/mol. The first-order chi connectivity index (χ1) is 12.9. The van der Waals surface area contributed by atoms with Crippen molar-refractivity contribution >= 4 is 23.4 Å². The quantitative estimate of drug-likeness (QED) is 0.497. The van der Waals surface area contributed by atoms with E-state index in [4.69, 9.17) is 30.5 Å². The topological polar surface area (TPSA) is 71.1 Å². The second-order valence-electron chi connectivity index (χ2n) is 5.27. The highest BCUT2D eigenvalue weighted by atomic mass is 35.5. The number of carbonyl (C=O) groups is 2. The molecular weight excluding hydrogens is 379 g/mol. The monoisotopic (exact) mass is 396 g/mol. The van der Waals surface area contributed by atoms with E-state index in [9.17, 15) is 14.0 Å². The average Bonchev–Trinajstić information content (AvgIpc) is 2.67. The molecule has 2 aromatic carbocycles. The van der Waals surface area contributed by atoms with Crippen molar-refractivity contribution in [3.8, 4) is 17.2 Å². The molecular formula is C19H18ClFO6. The summed E-state index contributed by atoms with van der Waals surface area (Å²) in [6, 6.07) is 6.48. The van der Waals surface area contributed by atoms with Crippen LogP contribution in [0, 0.1) is 5.82 Å². The van der Waals surface area contributed by atoms with Crippen LogP contribution in [-0.4, -0.2) is 39.2 Å². The van der Waals surface area contributed by atoms with E-state index in [1.54, 1.807) is 6.92 Å². The molecule has 6 nitrogen and oxygen atoms in total. The first kappa shape index (κ1) is 20.5. The number of hydrogen-bond donors (Lipinski definition) is 0. The van der Waals surface area contributed by atoms with Crippen molar-refractivity contribution in [3.63, 3.8) is 0 Å². The molecule has 8 heteroatoms. The molecule has 0 aromatic heterocycles. The molecule has 2 rings (SSSR count). The van der Waals surface area contributed by atoms with Crippen LogP contribution >= 0.6 is 11.6 Å². The molecule has 0 aliphatic heterocycles. The number of benzene rings is 2. The normalized spacial score (nSPS) is 10.3. The van der Waals surface area contributed by atoms with Crippen LogP contribution in [0.15, 0.2) is 30.3 Å². The van der Waals surface area contributed by atoms with Crippen molar-refractivity contribution in [2.75, 3.05) is 27.4 Å². The summed E-state index contributed by atoms with van der Waals surface area (Å²) in [4.78, 5) is 24.3. The van der Waals surface area contributed by atoms with Gasteiger partial charge in [-0.2, -0.15) is 0 Å². The van der Waals surface area contributed by atoms with E-state index in [0.29, 0.717) is 12.4 Å². The second-order valence-corrected chi connectivity index (χ2v) is 5.68. The summed E-state index contributed by atoms with van der Waals surface area (Å²) in [6.45, 7) is 1.59. The van der Waals surface area contributed by atoms with Gasteiger partial charge < -0.3 is 18.9 Å². The first-order valence-corrected chi connectivity index (χ1v) is 8.33. The lowest BCUT2D eigenvalue weighted by Gasteiger charge is -2.13. The van der Waals surface area contributed by atoms with Gasteiger partial charge in [0.2, 0.25) is 0 Å². The molecule has 0 amide bonds. The van der Waals surface area contributed by atoms with Crippen LogP contribution in [-0.2, 0) is 4.74 Å². The molecule has 0 spiro atoms. The predicted octanol–water partition coefficient (Wildman–Crippen LogP) is 3.93. The van der Waals surface area contributed by atoms with Crippen molar-refractivity contribution in [2.45, 2.75) is 6.92 Å². The van der Waals surface area contributed by atoms with Crippen LogP contribution in [0.3, 0.4) is 0 Å². The smallest absolute Gasteiger partial charge is 0.338 e. The Morgan fingerprint density at radius 3 is 2.33 bits per heavy atom. The van der Waals surface area contributed by atoms with Gasteiger partial charge in [-0.05, 0) is 37.3 Å². The Morgan fingerprint density at radius 2 is 1.74 bits per heavy atom. The second kappa shape index (κ2) is 9.23. The molecule has 0 aliphatic rings. The molecule has 0 N–H and O–H groups in total. The minimum atomic E-state index is -0.777. The largest absolute Gasteiger partial charge is 0.494 e. The van der Waals surface area contributed by atoms with Gasteiger partial charge in [0.1, 0.15) is 0 Å². The minimum Gasteiger partial charge on any atom is -0.494 e. The number of esters is 1. The summed E-state index contributed by atoms with van der Waals surface area (Å²) in [6.07, 6.45) is 0. The number of ketones is 1. The summed E-state index contributed by atoms with van der Waals surface area (Å²) >= 11 is 6.11. The third-order valence-electron chi connectivity index (χ3n) is 3.56. The highest BCUT2D eigenvalue weighted by Crippen LogP contribution is 2.36. The lowest BCUT2D eigenvalue weighted by Crippen LogP contribution is -2.15. The third kappa shape index (κ3) is 4.89. The zero-order chi connectivity index (χ0) is 20.0. The predicted molar refractivity (Wildman–Crippen MR) is 96.7 cm³/mol. The standard InChI is InChI=1S/C19H18ClFO6/c1-4-26-18-13(20)7-12(9-17(18)25-3)19(23)27-10-15(22)11-5-6-16(24-2)14(21)8-11/h5-9H,4,10H2,1-3H3. The van der Waals surface area contributed by atoms with Crippen molar-refractivity contribution < 1.29 is 32.9 Å². The zero-order valence-electron chi connectivity index (χ0n) is 15.0. The van der Waals surface area contributed by atoms with Gasteiger partial charge in [-0.3, -0.25) is 4.79 Å². The van der Waals surface area contributed by atoms with E-state index < -0.39 is 24.2 Å². The summed E-state index contributed by atoms with van der Waals surface area (Å²) in [7, 11) is 2.73. The summed E-state index contributed by atoms with van der Waals surface area (Å²) in [5, 5.41) is 0.173. The number of methoxy groups -OCH3 is 2. The Kier molecular flexibility index (Phi) is 7.01. The lowest BCUT2D eigenvalue weighted by molar-refractivity contribution is 0.0474. The van der Waals surface area contributed by atoms with Gasteiger partial charge in [0.05, 0.1) is 31.4 Å². The fourth-order valence-corrected chi connectivity index (χ4v) is 2.52. The number of Topliss-reactive ketones (excluding diaryl/α,β-unsaturated/α-hetero) is 1. The van der Waals surface area contributed by atoms with Gasteiger partial charge in [0.25, 0.3) is 0 Å². The van der Waals surface area contributed by atoms with Crippen LogP contribution in [0.1, 0.15) is 27.6 Å². The van der Waals surface area contributed by atoms with Crippen molar-refractivity contribution in [3.05, 3.63) is 52.3 Å². The molecule has 0 saturated heterocycles. The van der Waals surface area contributed by atoms with E-state index in [1.807, 2.05) is 0 Å². The minimum absolute atomic E-state index is 0.0136. The molecule has 0 unspecified atom stereocenters. The first-order valence-electron chi connectivity index (χ1n) is 7.95. The Bertz CT molecular complexity index is 852. The van der Waals surface area contributed by atoms with E-state index in [0.717, 1.165) is 6.07 Å². The maximum absolute atomic E-state index is 13.7. The fraction of sp³-hybridized carbons (Fsp3) is 0.263. The number of rotatable bonds is 8. The van der Waals surface area contributed by atoms with Crippen molar-refractivity contribution in [1.82, 2.24) is 0 Å². The maximum Gasteiger partial charge on any atom is 0.338 e. The lowest BCUT2D eigenvalue weighted by atomic mass is 10.1. The molecule has 2 aromatic rings. The molecule has 0 bridgehead atoms. The number of hydrogen-bond acceptors (Lipinski definition) is 6. The SMILES string of the molecule is CCOc1c(Cl)cc(C(=O)OCC(=O)c2ccc(OC)c(F)c2)cc1OC. The molecule has 0 atom stereocenters. The van der Waals surface area contributed by atoms with Gasteiger partial charge in [0.15, 0.2) is 35.5 Å². The molecule has 0 saturated carbocycles. The molecule has 0 radical (unpaired) electrons. The highest BCUT2D eigenvalue weighted by molar-refractivity contribution is 6.32. The Morgan fingerprint density at radius 1 is 1.04 bits per heavy atom. The molecule has 0 fully saturated rings. The molecule has 144 valence electrons. The van der Waals surface area contributed by atoms with Gasteiger partial charge in [-0.25, -0.2) is 9.18 Å². The van der Waals surface area contributed by atoms with Crippen LogP contribution in [0.25, 0.3) is 0 Å². The number of carbonyl (C=O) groups excluding carboxylic acids is 2. The van der Waals surface area contributed by atoms with Gasteiger partial charge in [-0.15, -0.1) is 0 Å². The van der Waals surface area contributed by atoms with Gasteiger partial charge >= 0.3 is 5.97 Å². The Balaban J connectivity index is 2.10.